The fourth-order valence-electron chi connectivity index (χ4n) is 1.56. The third-order valence-corrected chi connectivity index (χ3v) is 4.79. The number of hydrogen-bond acceptors (Lipinski definition) is 0. The van der Waals surface area contributed by atoms with Crippen LogP contribution in [0.25, 0.3) is 11.1 Å². The maximum absolute atomic E-state index is 13.8. The van der Waals surface area contributed by atoms with Gasteiger partial charge in [0.15, 0.2) is 17.5 Å². The van der Waals surface area contributed by atoms with Gasteiger partial charge in [0.1, 0.15) is 0 Å². The molecule has 8 heteroatoms. The van der Waals surface area contributed by atoms with E-state index >= 15 is 0 Å². The first kappa shape index (κ1) is 16.1. The van der Waals surface area contributed by atoms with Gasteiger partial charge in [0, 0.05) is 11.1 Å². The minimum absolute atomic E-state index is 0.116. The molecule has 0 saturated carbocycles. The standard InChI is InChI=1S/C12H2Cl5F3/c13-6-5(7(14)9(16)10(17)8(6)15)3-1-2-4(18)12(20)11(3)19/h1-2H. The van der Waals surface area contributed by atoms with Crippen LogP contribution in [0.2, 0.25) is 25.1 Å². The summed E-state index contributed by atoms with van der Waals surface area (Å²) in [7, 11) is 0. The number of halogens is 8. The Hall–Kier alpha value is -0.320. The molecule has 0 aliphatic carbocycles. The highest BCUT2D eigenvalue weighted by Crippen LogP contribution is 2.48. The van der Waals surface area contributed by atoms with E-state index in [1.807, 2.05) is 0 Å². The van der Waals surface area contributed by atoms with E-state index in [1.54, 1.807) is 0 Å². The Morgan fingerprint density at radius 3 is 1.55 bits per heavy atom. The average molecular weight is 380 g/mol. The zero-order valence-corrected chi connectivity index (χ0v) is 13.0. The molecule has 0 bridgehead atoms. The molecule has 0 aromatic heterocycles. The van der Waals surface area contributed by atoms with Gasteiger partial charge in [-0.25, -0.2) is 13.2 Å². The largest absolute Gasteiger partial charge is 0.204 e. The molecule has 0 aliphatic heterocycles. The summed E-state index contributed by atoms with van der Waals surface area (Å²) >= 11 is 29.3. The predicted octanol–water partition coefficient (Wildman–Crippen LogP) is 7.04. The highest BCUT2D eigenvalue weighted by atomic mass is 35.5. The summed E-state index contributed by atoms with van der Waals surface area (Å²) in [5.74, 6) is -4.45. The van der Waals surface area contributed by atoms with Crippen LogP contribution in [0.1, 0.15) is 0 Å². The quantitative estimate of drug-likeness (QED) is 0.368. The molecule has 106 valence electrons. The SMILES string of the molecule is Fc1ccc(-c2c(Cl)c(Cl)c(Cl)c(Cl)c2Cl)c(F)c1F. The van der Waals surface area contributed by atoms with E-state index in [-0.39, 0.29) is 36.2 Å². The van der Waals surface area contributed by atoms with Gasteiger partial charge in [0.05, 0.1) is 25.1 Å². The monoisotopic (exact) mass is 378 g/mol. The van der Waals surface area contributed by atoms with E-state index in [0.717, 1.165) is 12.1 Å². The Kier molecular flexibility index (Phi) is 4.67. The van der Waals surface area contributed by atoms with E-state index in [9.17, 15) is 13.2 Å². The molecular formula is C12H2Cl5F3. The molecule has 20 heavy (non-hydrogen) atoms. The topological polar surface area (TPSA) is 0 Å². The second-order valence-corrected chi connectivity index (χ2v) is 5.56. The lowest BCUT2D eigenvalue weighted by atomic mass is 10.0. The molecule has 0 radical (unpaired) electrons. The summed E-state index contributed by atoms with van der Waals surface area (Å²) in [6.45, 7) is 0. The van der Waals surface area contributed by atoms with Crippen molar-refractivity contribution in [3.05, 3.63) is 54.7 Å². The van der Waals surface area contributed by atoms with Crippen molar-refractivity contribution in [2.75, 3.05) is 0 Å². The molecule has 0 aliphatic rings. The van der Waals surface area contributed by atoms with Crippen LogP contribution in [0.5, 0.6) is 0 Å². The Morgan fingerprint density at radius 2 is 1.05 bits per heavy atom. The van der Waals surface area contributed by atoms with E-state index in [4.69, 9.17) is 58.0 Å². The number of hydrogen-bond donors (Lipinski definition) is 0. The first-order valence-corrected chi connectivity index (χ1v) is 6.81. The molecule has 0 spiro atoms. The second-order valence-electron chi connectivity index (χ2n) is 3.67. The van der Waals surface area contributed by atoms with Gasteiger partial charge in [-0.1, -0.05) is 58.0 Å². The van der Waals surface area contributed by atoms with Crippen molar-refractivity contribution < 1.29 is 13.2 Å². The molecule has 0 unspecified atom stereocenters. The third-order valence-electron chi connectivity index (χ3n) is 2.51. The predicted molar refractivity (Wildman–Crippen MR) is 76.8 cm³/mol. The van der Waals surface area contributed by atoms with Crippen molar-refractivity contribution in [2.24, 2.45) is 0 Å². The molecule has 2 aromatic carbocycles. The average Bonchev–Trinajstić information content (AvgIpc) is 2.43. The van der Waals surface area contributed by atoms with Gasteiger partial charge in [-0.05, 0) is 12.1 Å². The van der Waals surface area contributed by atoms with Crippen LogP contribution in [0.15, 0.2) is 12.1 Å². The van der Waals surface area contributed by atoms with Gasteiger partial charge in [-0.15, -0.1) is 0 Å². The van der Waals surface area contributed by atoms with E-state index in [0.29, 0.717) is 0 Å². The first-order valence-electron chi connectivity index (χ1n) is 4.92. The normalized spacial score (nSPS) is 11.0. The maximum Gasteiger partial charge on any atom is 0.195 e. The van der Waals surface area contributed by atoms with E-state index in [2.05, 4.69) is 0 Å². The zero-order valence-electron chi connectivity index (χ0n) is 9.18. The van der Waals surface area contributed by atoms with E-state index in [1.165, 1.54) is 0 Å². The third kappa shape index (κ3) is 2.46. The molecule has 0 atom stereocenters. The van der Waals surface area contributed by atoms with Gasteiger partial charge in [0.25, 0.3) is 0 Å². The van der Waals surface area contributed by atoms with Gasteiger partial charge >= 0.3 is 0 Å². The van der Waals surface area contributed by atoms with Crippen molar-refractivity contribution >= 4 is 58.0 Å². The Bertz CT molecular complexity index is 686. The van der Waals surface area contributed by atoms with Crippen LogP contribution in [-0.2, 0) is 0 Å². The minimum atomic E-state index is -1.66. The number of rotatable bonds is 1. The van der Waals surface area contributed by atoms with Gasteiger partial charge in [-0.3, -0.25) is 0 Å². The Balaban J connectivity index is 2.87. The van der Waals surface area contributed by atoms with E-state index < -0.39 is 17.5 Å². The summed E-state index contributed by atoms with van der Waals surface area (Å²) in [5.41, 5.74) is -0.538. The van der Waals surface area contributed by atoms with Gasteiger partial charge in [0.2, 0.25) is 0 Å². The minimum Gasteiger partial charge on any atom is -0.204 e. The lowest BCUT2D eigenvalue weighted by Gasteiger charge is -2.13. The molecule has 0 saturated heterocycles. The fourth-order valence-corrected chi connectivity index (χ4v) is 2.90. The van der Waals surface area contributed by atoms with Crippen LogP contribution in [-0.4, -0.2) is 0 Å². The van der Waals surface area contributed by atoms with Gasteiger partial charge in [-0.2, -0.15) is 0 Å². The summed E-state index contributed by atoms with van der Waals surface area (Å²) in [4.78, 5) is 0. The smallest absolute Gasteiger partial charge is 0.195 e. The van der Waals surface area contributed by atoms with Crippen molar-refractivity contribution in [2.45, 2.75) is 0 Å². The summed E-state index contributed by atoms with van der Waals surface area (Å²) in [6, 6.07) is 1.71. The van der Waals surface area contributed by atoms with Crippen molar-refractivity contribution in [3.63, 3.8) is 0 Å². The number of benzene rings is 2. The highest BCUT2D eigenvalue weighted by Gasteiger charge is 2.24. The molecular weight excluding hydrogens is 378 g/mol. The van der Waals surface area contributed by atoms with Crippen molar-refractivity contribution in [1.29, 1.82) is 0 Å². The van der Waals surface area contributed by atoms with Crippen LogP contribution in [0.4, 0.5) is 13.2 Å². The highest BCUT2D eigenvalue weighted by molar-refractivity contribution is 6.56. The van der Waals surface area contributed by atoms with Crippen molar-refractivity contribution in [3.8, 4) is 11.1 Å². The summed E-state index contributed by atoms with van der Waals surface area (Å²) in [6.07, 6.45) is 0. The van der Waals surface area contributed by atoms with Crippen molar-refractivity contribution in [1.82, 2.24) is 0 Å². The van der Waals surface area contributed by atoms with Crippen LogP contribution in [0.3, 0.4) is 0 Å². The zero-order chi connectivity index (χ0) is 15.2. The lowest BCUT2D eigenvalue weighted by Crippen LogP contribution is -1.96. The second kappa shape index (κ2) is 5.82. The molecule has 0 fully saturated rings. The Labute approximate surface area is 137 Å². The molecule has 0 heterocycles. The molecule has 0 nitrogen and oxygen atoms in total. The lowest BCUT2D eigenvalue weighted by molar-refractivity contribution is 0.449. The molecule has 0 N–H and O–H groups in total. The molecule has 0 amide bonds. The van der Waals surface area contributed by atoms with Crippen LogP contribution >= 0.6 is 58.0 Å². The molecule has 2 aromatic rings. The molecule has 2 rings (SSSR count). The fraction of sp³-hybridized carbons (Fsp3) is 0. The Morgan fingerprint density at radius 1 is 0.600 bits per heavy atom. The van der Waals surface area contributed by atoms with Crippen LogP contribution < -0.4 is 0 Å². The van der Waals surface area contributed by atoms with Gasteiger partial charge < -0.3 is 0 Å². The summed E-state index contributed by atoms with van der Waals surface area (Å²) < 4.78 is 40.1. The first-order chi connectivity index (χ1) is 9.27. The maximum atomic E-state index is 13.8. The van der Waals surface area contributed by atoms with Crippen LogP contribution in [0, 0.1) is 17.5 Å². The summed E-state index contributed by atoms with van der Waals surface area (Å²) in [5, 5.41) is -0.870.